The van der Waals surface area contributed by atoms with Gasteiger partial charge in [0, 0.05) is 29.4 Å². The Kier molecular flexibility index (Phi) is 7.00. The average Bonchev–Trinajstić information content (AvgIpc) is 3.07. The summed E-state index contributed by atoms with van der Waals surface area (Å²) in [6.07, 6.45) is 2.36. The van der Waals surface area contributed by atoms with Gasteiger partial charge in [0.05, 0.1) is 0 Å². The van der Waals surface area contributed by atoms with Crippen molar-refractivity contribution in [1.82, 2.24) is 5.32 Å². The zero-order chi connectivity index (χ0) is 17.4. The molecule has 2 rings (SSSR count). The minimum absolute atomic E-state index is 0.00166. The molecule has 5 heteroatoms. The van der Waals surface area contributed by atoms with Crippen molar-refractivity contribution in [2.75, 3.05) is 5.32 Å². The van der Waals surface area contributed by atoms with Crippen LogP contribution in [0.4, 0.5) is 5.69 Å². The van der Waals surface area contributed by atoms with Crippen LogP contribution in [0.15, 0.2) is 41.8 Å². The first-order valence-electron chi connectivity index (χ1n) is 8.23. The maximum atomic E-state index is 11.9. The van der Waals surface area contributed by atoms with Crippen LogP contribution in [0, 0.1) is 5.92 Å². The lowest BCUT2D eigenvalue weighted by Crippen LogP contribution is -2.22. The Balaban J connectivity index is 1.69. The standard InChI is InChI=1S/C19H24N2O2S/c1-14(2)19(23)21-16-10-8-15(9-11-16)13-20-18(22)7-3-5-17-6-4-12-24-17/h4,6,8-12,14H,3,5,7,13H2,1-2H3,(H,20,22)(H,21,23). The van der Waals surface area contributed by atoms with Crippen LogP contribution in [0.25, 0.3) is 0 Å². The molecule has 0 fully saturated rings. The molecule has 0 aliphatic rings. The van der Waals surface area contributed by atoms with Gasteiger partial charge in [-0.25, -0.2) is 0 Å². The van der Waals surface area contributed by atoms with Crippen molar-refractivity contribution in [3.05, 3.63) is 52.2 Å². The third kappa shape index (κ3) is 6.16. The van der Waals surface area contributed by atoms with Gasteiger partial charge in [-0.1, -0.05) is 32.0 Å². The Bertz CT molecular complexity index is 649. The number of hydrogen-bond donors (Lipinski definition) is 2. The average molecular weight is 344 g/mol. The number of rotatable bonds is 8. The number of anilines is 1. The molecule has 0 saturated carbocycles. The summed E-state index contributed by atoms with van der Waals surface area (Å²) in [5.74, 6) is 0.0312. The van der Waals surface area contributed by atoms with Crippen molar-refractivity contribution < 1.29 is 9.59 Å². The third-order valence-corrected chi connectivity index (χ3v) is 4.58. The van der Waals surface area contributed by atoms with E-state index >= 15 is 0 Å². The maximum Gasteiger partial charge on any atom is 0.226 e. The van der Waals surface area contributed by atoms with Crippen LogP contribution in [0.5, 0.6) is 0 Å². The fourth-order valence-corrected chi connectivity index (χ4v) is 2.91. The SMILES string of the molecule is CC(C)C(=O)Nc1ccc(CNC(=O)CCCc2cccs2)cc1. The van der Waals surface area contributed by atoms with Gasteiger partial charge in [-0.3, -0.25) is 9.59 Å². The number of carbonyl (C=O) groups is 2. The van der Waals surface area contributed by atoms with Crippen LogP contribution >= 0.6 is 11.3 Å². The zero-order valence-electron chi connectivity index (χ0n) is 14.2. The van der Waals surface area contributed by atoms with Gasteiger partial charge < -0.3 is 10.6 Å². The molecule has 0 saturated heterocycles. The number of amides is 2. The Morgan fingerprint density at radius 1 is 1.12 bits per heavy atom. The summed E-state index contributed by atoms with van der Waals surface area (Å²) in [6.45, 7) is 4.23. The maximum absolute atomic E-state index is 11.9. The van der Waals surface area contributed by atoms with Gasteiger partial charge in [-0.05, 0) is 42.0 Å². The summed E-state index contributed by atoms with van der Waals surface area (Å²) in [7, 11) is 0. The molecular formula is C19H24N2O2S. The summed E-state index contributed by atoms with van der Waals surface area (Å²) in [5.41, 5.74) is 1.80. The van der Waals surface area contributed by atoms with Gasteiger partial charge in [0.15, 0.2) is 0 Å². The summed E-state index contributed by atoms with van der Waals surface area (Å²) in [6, 6.07) is 11.7. The number of benzene rings is 1. The van der Waals surface area contributed by atoms with E-state index in [-0.39, 0.29) is 17.7 Å². The number of carbonyl (C=O) groups excluding carboxylic acids is 2. The molecule has 2 aromatic rings. The van der Waals surface area contributed by atoms with Crippen LogP contribution in [-0.4, -0.2) is 11.8 Å². The third-order valence-electron chi connectivity index (χ3n) is 3.64. The number of aryl methyl sites for hydroxylation is 1. The van der Waals surface area contributed by atoms with Crippen LogP contribution in [0.3, 0.4) is 0 Å². The molecule has 1 aromatic heterocycles. The fourth-order valence-electron chi connectivity index (χ4n) is 2.16. The Hall–Kier alpha value is -2.14. The van der Waals surface area contributed by atoms with E-state index in [1.807, 2.05) is 44.2 Å². The van der Waals surface area contributed by atoms with E-state index in [4.69, 9.17) is 0 Å². The molecule has 0 unspecified atom stereocenters. The van der Waals surface area contributed by atoms with Crippen LogP contribution in [0.1, 0.15) is 37.1 Å². The molecular weight excluding hydrogens is 320 g/mol. The molecule has 1 heterocycles. The second-order valence-electron chi connectivity index (χ2n) is 6.05. The molecule has 0 radical (unpaired) electrons. The highest BCUT2D eigenvalue weighted by atomic mass is 32.1. The molecule has 24 heavy (non-hydrogen) atoms. The van der Waals surface area contributed by atoms with E-state index < -0.39 is 0 Å². The first kappa shape index (κ1) is 18.2. The van der Waals surface area contributed by atoms with E-state index in [1.165, 1.54) is 4.88 Å². The Morgan fingerprint density at radius 3 is 2.50 bits per heavy atom. The van der Waals surface area contributed by atoms with Crippen molar-refractivity contribution in [3.8, 4) is 0 Å². The molecule has 128 valence electrons. The molecule has 2 N–H and O–H groups in total. The van der Waals surface area contributed by atoms with Crippen molar-refractivity contribution in [2.45, 2.75) is 39.7 Å². The van der Waals surface area contributed by atoms with Crippen LogP contribution in [-0.2, 0) is 22.6 Å². The number of hydrogen-bond acceptors (Lipinski definition) is 3. The highest BCUT2D eigenvalue weighted by molar-refractivity contribution is 7.09. The largest absolute Gasteiger partial charge is 0.352 e. The van der Waals surface area contributed by atoms with E-state index in [9.17, 15) is 9.59 Å². The van der Waals surface area contributed by atoms with Crippen molar-refractivity contribution >= 4 is 28.8 Å². The highest BCUT2D eigenvalue weighted by Crippen LogP contribution is 2.13. The second-order valence-corrected chi connectivity index (χ2v) is 7.08. The lowest BCUT2D eigenvalue weighted by atomic mass is 10.1. The van der Waals surface area contributed by atoms with E-state index in [2.05, 4.69) is 22.1 Å². The highest BCUT2D eigenvalue weighted by Gasteiger charge is 2.07. The molecule has 0 spiro atoms. The van der Waals surface area contributed by atoms with Gasteiger partial charge in [-0.2, -0.15) is 0 Å². The minimum Gasteiger partial charge on any atom is -0.352 e. The van der Waals surface area contributed by atoms with E-state index in [0.717, 1.165) is 24.1 Å². The van der Waals surface area contributed by atoms with Gasteiger partial charge in [0.1, 0.15) is 0 Å². The predicted octanol–water partition coefficient (Wildman–Crippen LogP) is 3.98. The summed E-state index contributed by atoms with van der Waals surface area (Å²) >= 11 is 1.73. The summed E-state index contributed by atoms with van der Waals surface area (Å²) < 4.78 is 0. The quantitative estimate of drug-likeness (QED) is 0.761. The van der Waals surface area contributed by atoms with Gasteiger partial charge in [-0.15, -0.1) is 11.3 Å². The van der Waals surface area contributed by atoms with Crippen LogP contribution in [0.2, 0.25) is 0 Å². The Labute approximate surface area is 147 Å². The summed E-state index contributed by atoms with van der Waals surface area (Å²) in [4.78, 5) is 24.8. The fraction of sp³-hybridized carbons (Fsp3) is 0.368. The van der Waals surface area contributed by atoms with Crippen molar-refractivity contribution in [3.63, 3.8) is 0 Å². The Morgan fingerprint density at radius 2 is 1.88 bits per heavy atom. The number of nitrogens with one attached hydrogen (secondary N) is 2. The topological polar surface area (TPSA) is 58.2 Å². The zero-order valence-corrected chi connectivity index (χ0v) is 15.0. The first-order chi connectivity index (χ1) is 11.5. The van der Waals surface area contributed by atoms with Gasteiger partial charge >= 0.3 is 0 Å². The molecule has 2 amide bonds. The van der Waals surface area contributed by atoms with Crippen molar-refractivity contribution in [2.24, 2.45) is 5.92 Å². The normalized spacial score (nSPS) is 10.6. The second kappa shape index (κ2) is 9.23. The van der Waals surface area contributed by atoms with Gasteiger partial charge in [0.2, 0.25) is 11.8 Å². The molecule has 0 atom stereocenters. The summed E-state index contributed by atoms with van der Waals surface area (Å²) in [5, 5.41) is 7.84. The smallest absolute Gasteiger partial charge is 0.226 e. The lowest BCUT2D eigenvalue weighted by molar-refractivity contribution is -0.121. The lowest BCUT2D eigenvalue weighted by Gasteiger charge is -2.09. The van der Waals surface area contributed by atoms with Gasteiger partial charge in [0.25, 0.3) is 0 Å². The monoisotopic (exact) mass is 344 g/mol. The van der Waals surface area contributed by atoms with Crippen molar-refractivity contribution in [1.29, 1.82) is 0 Å². The molecule has 1 aromatic carbocycles. The predicted molar refractivity (Wildman–Crippen MR) is 99.0 cm³/mol. The first-order valence-corrected chi connectivity index (χ1v) is 9.11. The number of thiophene rings is 1. The molecule has 0 aliphatic heterocycles. The molecule has 0 bridgehead atoms. The van der Waals surface area contributed by atoms with E-state index in [1.54, 1.807) is 11.3 Å². The minimum atomic E-state index is -0.0434. The van der Waals surface area contributed by atoms with E-state index in [0.29, 0.717) is 13.0 Å². The molecule has 0 aliphatic carbocycles. The van der Waals surface area contributed by atoms with Crippen LogP contribution < -0.4 is 10.6 Å². The molecule has 4 nitrogen and oxygen atoms in total.